The quantitative estimate of drug-likeness (QED) is 0.512. The van der Waals surface area contributed by atoms with Crippen LogP contribution < -0.4 is 0 Å². The van der Waals surface area contributed by atoms with Crippen molar-refractivity contribution in [3.05, 3.63) is 0 Å². The molecule has 0 heterocycles. The van der Waals surface area contributed by atoms with E-state index in [1.165, 1.54) is 0 Å². The largest absolute Gasteiger partial charge is 0.121 e. The van der Waals surface area contributed by atoms with Crippen LogP contribution in [-0.4, -0.2) is 31.2 Å². The maximum atomic E-state index is 6.44. The minimum Gasteiger partial charge on any atom is -0.121 e. The average Bonchev–Trinajstić information content (AvgIpc) is 2.55. The maximum Gasteiger partial charge on any atom is 0.117 e. The molecule has 8 heteroatoms. The van der Waals surface area contributed by atoms with Crippen LogP contribution in [0.1, 0.15) is 6.92 Å². The van der Waals surface area contributed by atoms with Gasteiger partial charge in [0.05, 0.1) is 21.5 Å². The smallest absolute Gasteiger partial charge is 0.117 e. The Morgan fingerprint density at radius 2 is 1.17 bits per heavy atom. The Kier molecular flexibility index (Phi) is 4.82. The predicted octanol–water partition coefficient (Wildman–Crippen LogP) is 5.66. The van der Waals surface area contributed by atoms with Crippen LogP contribution in [0.25, 0.3) is 0 Å². The van der Waals surface area contributed by atoms with Crippen molar-refractivity contribution in [2.75, 3.05) is 0 Å². The standard InChI is InChI=1S/C10H10Cl8/c1-9(7(15)16)2-3(11)5(13)10(9,8(17)18)6(14)4(2)12/h2-8H,1H3/t2?,3-,4-,5+,6+,9+,10?/m0/s1. The Bertz CT molecular complexity index is 329. The summed E-state index contributed by atoms with van der Waals surface area (Å²) in [5, 5.41) is -1.92. The molecule has 0 aromatic heterocycles. The maximum absolute atomic E-state index is 6.44. The van der Waals surface area contributed by atoms with Gasteiger partial charge in [0.25, 0.3) is 0 Å². The highest BCUT2D eigenvalue weighted by molar-refractivity contribution is 6.49. The van der Waals surface area contributed by atoms with Crippen LogP contribution in [0.4, 0.5) is 0 Å². The lowest BCUT2D eigenvalue weighted by Crippen LogP contribution is -2.53. The molecule has 2 bridgehead atoms. The van der Waals surface area contributed by atoms with E-state index < -0.39 is 42.0 Å². The number of alkyl halides is 8. The fourth-order valence-corrected chi connectivity index (χ4v) is 8.21. The molecule has 0 radical (unpaired) electrons. The molecule has 106 valence electrons. The molecule has 18 heavy (non-hydrogen) atoms. The van der Waals surface area contributed by atoms with E-state index in [0.717, 1.165) is 0 Å². The molecular formula is C10H10Cl8. The lowest BCUT2D eigenvalue weighted by molar-refractivity contribution is 0.143. The Hall–Kier alpha value is 2.32. The van der Waals surface area contributed by atoms with Crippen molar-refractivity contribution in [3.63, 3.8) is 0 Å². The molecule has 0 unspecified atom stereocenters. The minimum atomic E-state index is -0.920. The Balaban J connectivity index is 2.67. The van der Waals surface area contributed by atoms with Gasteiger partial charge in [0, 0.05) is 16.7 Å². The fraction of sp³-hybridized carbons (Fsp3) is 1.00. The molecule has 2 rings (SSSR count). The Morgan fingerprint density at radius 3 is 1.39 bits per heavy atom. The zero-order valence-corrected chi connectivity index (χ0v) is 15.1. The second-order valence-corrected chi connectivity index (χ2v) is 9.18. The number of rotatable bonds is 2. The number of fused-ring (bicyclic) bond motifs is 2. The van der Waals surface area contributed by atoms with Gasteiger partial charge in [-0.05, 0) is 0 Å². The van der Waals surface area contributed by atoms with E-state index in [4.69, 9.17) is 92.8 Å². The van der Waals surface area contributed by atoms with Gasteiger partial charge in [0.1, 0.15) is 9.67 Å². The first-order valence-electron chi connectivity index (χ1n) is 5.27. The van der Waals surface area contributed by atoms with Crippen LogP contribution in [0, 0.1) is 16.7 Å². The van der Waals surface area contributed by atoms with Crippen LogP contribution >= 0.6 is 92.8 Å². The minimum absolute atomic E-state index is 0.245. The molecule has 2 fully saturated rings. The molecule has 0 aromatic carbocycles. The monoisotopic (exact) mass is 410 g/mol. The average molecular weight is 414 g/mol. The van der Waals surface area contributed by atoms with Gasteiger partial charge in [0.2, 0.25) is 0 Å². The summed E-state index contributed by atoms with van der Waals surface area (Å²) in [6, 6.07) is 0. The molecule has 0 nitrogen and oxygen atoms in total. The van der Waals surface area contributed by atoms with Crippen molar-refractivity contribution in [3.8, 4) is 0 Å². The van der Waals surface area contributed by atoms with Crippen LogP contribution in [0.3, 0.4) is 0 Å². The summed E-state index contributed by atoms with van der Waals surface area (Å²) >= 11 is 50.3. The summed E-state index contributed by atoms with van der Waals surface area (Å²) in [7, 11) is 0. The van der Waals surface area contributed by atoms with Gasteiger partial charge in [0.15, 0.2) is 0 Å². The highest BCUT2D eigenvalue weighted by atomic mass is 35.5. The summed E-state index contributed by atoms with van der Waals surface area (Å²) in [4.78, 5) is -1.63. The second kappa shape index (κ2) is 5.20. The van der Waals surface area contributed by atoms with Gasteiger partial charge in [-0.2, -0.15) is 0 Å². The number of halogens is 8. The highest BCUT2D eigenvalue weighted by Gasteiger charge is 2.80. The zero-order chi connectivity index (χ0) is 14.0. The van der Waals surface area contributed by atoms with E-state index in [0.29, 0.717) is 0 Å². The van der Waals surface area contributed by atoms with E-state index >= 15 is 0 Å². The zero-order valence-electron chi connectivity index (χ0n) is 9.07. The normalized spacial score (nSPS) is 55.8. The van der Waals surface area contributed by atoms with Crippen molar-refractivity contribution in [1.29, 1.82) is 0 Å². The lowest BCUT2D eigenvalue weighted by atomic mass is 9.70. The van der Waals surface area contributed by atoms with E-state index in [9.17, 15) is 0 Å². The molecule has 0 N–H and O–H groups in total. The lowest BCUT2D eigenvalue weighted by Gasteiger charge is -2.46. The van der Waals surface area contributed by atoms with Crippen LogP contribution in [0.15, 0.2) is 0 Å². The van der Waals surface area contributed by atoms with Crippen molar-refractivity contribution in [1.82, 2.24) is 0 Å². The summed E-state index contributed by atoms with van der Waals surface area (Å²) in [5.41, 5.74) is -1.65. The van der Waals surface area contributed by atoms with Crippen molar-refractivity contribution >= 4 is 92.8 Å². The molecule has 2 aliphatic carbocycles. The SMILES string of the molecule is C[C@]1(C(Cl)Cl)C2[C@H](Cl)[C@@H](Cl)C1(C(Cl)Cl)[C@H](Cl)[C@H]2Cl. The van der Waals surface area contributed by atoms with Crippen LogP contribution in [-0.2, 0) is 0 Å². The number of hydrogen-bond acceptors (Lipinski definition) is 0. The summed E-state index contributed by atoms with van der Waals surface area (Å²) in [5.74, 6) is -0.245. The molecule has 0 saturated heterocycles. The first kappa shape index (κ1) is 16.7. The first-order chi connectivity index (χ1) is 8.15. The molecule has 2 aliphatic rings. The fourth-order valence-electron chi connectivity index (χ4n) is 3.57. The Morgan fingerprint density at radius 1 is 0.778 bits per heavy atom. The predicted molar refractivity (Wildman–Crippen MR) is 83.6 cm³/mol. The van der Waals surface area contributed by atoms with Crippen LogP contribution in [0.2, 0.25) is 0 Å². The molecule has 0 aliphatic heterocycles. The van der Waals surface area contributed by atoms with Gasteiger partial charge in [-0.3, -0.25) is 0 Å². The summed E-state index contributed by atoms with van der Waals surface area (Å²) < 4.78 is 0. The van der Waals surface area contributed by atoms with E-state index in [-0.39, 0.29) is 5.92 Å². The number of hydrogen-bond donors (Lipinski definition) is 0. The van der Waals surface area contributed by atoms with Gasteiger partial charge in [-0.15, -0.1) is 92.8 Å². The van der Waals surface area contributed by atoms with Gasteiger partial charge < -0.3 is 0 Å². The topological polar surface area (TPSA) is 0 Å². The van der Waals surface area contributed by atoms with Crippen molar-refractivity contribution < 1.29 is 0 Å². The Labute approximate surface area is 146 Å². The molecule has 0 aromatic rings. The van der Waals surface area contributed by atoms with Crippen molar-refractivity contribution in [2.45, 2.75) is 38.1 Å². The molecule has 0 spiro atoms. The molecule has 2 saturated carbocycles. The highest BCUT2D eigenvalue weighted by Crippen LogP contribution is 2.75. The van der Waals surface area contributed by atoms with Crippen LogP contribution in [0.5, 0.6) is 0 Å². The van der Waals surface area contributed by atoms with E-state index in [2.05, 4.69) is 0 Å². The van der Waals surface area contributed by atoms with E-state index in [1.807, 2.05) is 6.92 Å². The van der Waals surface area contributed by atoms with E-state index in [1.54, 1.807) is 0 Å². The summed E-state index contributed by atoms with van der Waals surface area (Å²) in [6.45, 7) is 1.86. The molecular weight excluding hydrogens is 404 g/mol. The second-order valence-electron chi connectivity index (χ2n) is 5.04. The van der Waals surface area contributed by atoms with Gasteiger partial charge >= 0.3 is 0 Å². The third kappa shape index (κ3) is 1.67. The summed E-state index contributed by atoms with van der Waals surface area (Å²) in [6.07, 6.45) is 0. The third-order valence-electron chi connectivity index (χ3n) is 4.60. The van der Waals surface area contributed by atoms with Crippen molar-refractivity contribution in [2.24, 2.45) is 16.7 Å². The third-order valence-corrected chi connectivity index (χ3v) is 8.80. The van der Waals surface area contributed by atoms with Gasteiger partial charge in [-0.25, -0.2) is 0 Å². The first-order valence-corrected chi connectivity index (χ1v) is 8.76. The molecule has 5 atom stereocenters. The molecule has 0 amide bonds. The van der Waals surface area contributed by atoms with Gasteiger partial charge in [-0.1, -0.05) is 6.92 Å².